The zero-order valence-corrected chi connectivity index (χ0v) is 12.2. The fraction of sp³-hybridized carbons (Fsp3) is 0.273. The van der Waals surface area contributed by atoms with Crippen LogP contribution in [0.5, 0.6) is 0 Å². The quantitative estimate of drug-likeness (QED) is 0.889. The molecule has 8 heteroatoms. The van der Waals surface area contributed by atoms with Crippen LogP contribution in [0.1, 0.15) is 12.7 Å². The number of halogens is 4. The molecule has 2 aromatic heterocycles. The van der Waals surface area contributed by atoms with E-state index in [4.69, 9.17) is 0 Å². The minimum absolute atomic E-state index is 0.165. The number of rotatable bonds is 3. The lowest BCUT2D eigenvalue weighted by atomic mass is 10.2. The predicted molar refractivity (Wildman–Crippen MR) is 72.2 cm³/mol. The van der Waals surface area contributed by atoms with Gasteiger partial charge in [-0.15, -0.1) is 0 Å². The normalized spacial score (nSPS) is 11.6. The van der Waals surface area contributed by atoms with E-state index in [0.29, 0.717) is 16.6 Å². The van der Waals surface area contributed by atoms with E-state index in [-0.39, 0.29) is 11.5 Å². The third kappa shape index (κ3) is 3.24. The van der Waals surface area contributed by atoms with E-state index < -0.39 is 12.0 Å². The Bertz CT molecular complexity index is 583. The average Bonchev–Trinajstić information content (AvgIpc) is 2.74. The number of alkyl halides is 3. The van der Waals surface area contributed by atoms with Gasteiger partial charge in [-0.1, -0.05) is 0 Å². The van der Waals surface area contributed by atoms with Gasteiger partial charge in [0.15, 0.2) is 0 Å². The summed E-state index contributed by atoms with van der Waals surface area (Å²) in [5, 5.41) is 6.31. The minimum Gasteiger partial charge on any atom is -0.370 e. The molecular formula is C11H9BrF3N3S. The van der Waals surface area contributed by atoms with Crippen molar-refractivity contribution in [1.29, 1.82) is 0 Å². The van der Waals surface area contributed by atoms with Gasteiger partial charge in [0.25, 0.3) is 0 Å². The van der Waals surface area contributed by atoms with E-state index in [2.05, 4.69) is 31.2 Å². The molecular weight excluding hydrogens is 343 g/mol. The Morgan fingerprint density at radius 3 is 2.58 bits per heavy atom. The van der Waals surface area contributed by atoms with Crippen molar-refractivity contribution < 1.29 is 13.2 Å². The molecule has 0 aromatic carbocycles. The largest absolute Gasteiger partial charge is 0.451 e. The van der Waals surface area contributed by atoms with Crippen molar-refractivity contribution in [3.05, 3.63) is 27.1 Å². The van der Waals surface area contributed by atoms with Gasteiger partial charge >= 0.3 is 6.18 Å². The van der Waals surface area contributed by atoms with Crippen molar-refractivity contribution in [2.45, 2.75) is 13.1 Å². The van der Waals surface area contributed by atoms with Crippen LogP contribution in [0, 0.1) is 0 Å². The summed E-state index contributed by atoms with van der Waals surface area (Å²) in [7, 11) is 0. The third-order valence-corrected chi connectivity index (χ3v) is 3.93. The molecule has 0 saturated carbocycles. The maximum absolute atomic E-state index is 12.8. The van der Waals surface area contributed by atoms with E-state index in [0.717, 1.165) is 0 Å². The molecule has 0 atom stereocenters. The topological polar surface area (TPSA) is 37.8 Å². The summed E-state index contributed by atoms with van der Waals surface area (Å²) in [4.78, 5) is 7.07. The first kappa shape index (κ1) is 14.3. The third-order valence-electron chi connectivity index (χ3n) is 2.23. The molecule has 0 spiro atoms. The van der Waals surface area contributed by atoms with Gasteiger partial charge in [-0.2, -0.15) is 24.5 Å². The van der Waals surface area contributed by atoms with Crippen LogP contribution in [0.15, 0.2) is 21.3 Å². The molecule has 0 aliphatic rings. The number of hydrogen-bond acceptors (Lipinski definition) is 4. The summed E-state index contributed by atoms with van der Waals surface area (Å²) in [6.45, 7) is 2.27. The molecule has 0 bridgehead atoms. The number of thiophene rings is 1. The van der Waals surface area contributed by atoms with Gasteiger partial charge in [-0.25, -0.2) is 9.97 Å². The molecule has 0 aliphatic heterocycles. The van der Waals surface area contributed by atoms with Crippen molar-refractivity contribution in [3.63, 3.8) is 0 Å². The highest BCUT2D eigenvalue weighted by atomic mass is 79.9. The molecule has 0 radical (unpaired) electrons. The second kappa shape index (κ2) is 5.46. The lowest BCUT2D eigenvalue weighted by molar-refractivity contribution is -0.144. The van der Waals surface area contributed by atoms with Crippen LogP contribution in [0.25, 0.3) is 11.3 Å². The number of hydrogen-bond donors (Lipinski definition) is 1. The van der Waals surface area contributed by atoms with Crippen molar-refractivity contribution in [3.8, 4) is 11.3 Å². The summed E-state index contributed by atoms with van der Waals surface area (Å²) in [6.07, 6.45) is -4.57. The predicted octanol–water partition coefficient (Wildman–Crippen LogP) is 4.42. The van der Waals surface area contributed by atoms with Crippen LogP contribution in [0.4, 0.5) is 19.0 Å². The highest BCUT2D eigenvalue weighted by Gasteiger charge is 2.35. The highest BCUT2D eigenvalue weighted by molar-refractivity contribution is 9.10. The molecule has 1 N–H and O–H groups in total. The summed E-state index contributed by atoms with van der Waals surface area (Å²) < 4.78 is 39.0. The van der Waals surface area contributed by atoms with E-state index in [1.807, 2.05) is 0 Å². The maximum atomic E-state index is 12.8. The molecule has 0 fully saturated rings. The van der Waals surface area contributed by atoms with Crippen LogP contribution in [-0.4, -0.2) is 16.5 Å². The Balaban J connectivity index is 2.55. The van der Waals surface area contributed by atoms with Crippen molar-refractivity contribution in [1.82, 2.24) is 9.97 Å². The van der Waals surface area contributed by atoms with Crippen LogP contribution in [0.2, 0.25) is 0 Å². The first-order valence-electron chi connectivity index (χ1n) is 5.34. The molecule has 2 rings (SSSR count). The van der Waals surface area contributed by atoms with E-state index in [9.17, 15) is 13.2 Å². The average molecular weight is 352 g/mol. The highest BCUT2D eigenvalue weighted by Crippen LogP contribution is 2.34. The molecule has 102 valence electrons. The zero-order chi connectivity index (χ0) is 14.0. The van der Waals surface area contributed by atoms with Crippen LogP contribution >= 0.6 is 27.3 Å². The summed E-state index contributed by atoms with van der Waals surface area (Å²) in [6, 6.07) is 1.51. The molecule has 2 heterocycles. The monoisotopic (exact) mass is 351 g/mol. The van der Waals surface area contributed by atoms with Gasteiger partial charge in [0, 0.05) is 33.4 Å². The Morgan fingerprint density at radius 2 is 2.05 bits per heavy atom. The standard InChI is InChI=1S/C11H9BrF3N3S/c1-2-16-9-3-8(6-4-19-5-7(6)12)17-10(18-9)11(13,14)15/h3-5H,2H2,1H3,(H,16,17,18). The minimum atomic E-state index is -4.57. The first-order chi connectivity index (χ1) is 8.91. The van der Waals surface area contributed by atoms with Crippen molar-refractivity contribution in [2.75, 3.05) is 11.9 Å². The smallest absolute Gasteiger partial charge is 0.370 e. The second-order valence-corrected chi connectivity index (χ2v) is 5.22. The number of anilines is 1. The van der Waals surface area contributed by atoms with Crippen LogP contribution < -0.4 is 5.32 Å². The molecule has 3 nitrogen and oxygen atoms in total. The van der Waals surface area contributed by atoms with Crippen molar-refractivity contribution in [2.24, 2.45) is 0 Å². The lowest BCUT2D eigenvalue weighted by Gasteiger charge is -2.10. The fourth-order valence-corrected chi connectivity index (χ4v) is 2.94. The van der Waals surface area contributed by atoms with Gasteiger partial charge in [0.2, 0.25) is 5.82 Å². The molecule has 19 heavy (non-hydrogen) atoms. The summed E-state index contributed by atoms with van der Waals surface area (Å²) in [5.41, 5.74) is 0.864. The SMILES string of the molecule is CCNc1cc(-c2cscc2Br)nc(C(F)(F)F)n1. The van der Waals surface area contributed by atoms with Gasteiger partial charge in [0.05, 0.1) is 5.69 Å². The Kier molecular flexibility index (Phi) is 4.10. The number of nitrogens with zero attached hydrogens (tertiary/aromatic N) is 2. The van der Waals surface area contributed by atoms with Crippen LogP contribution in [0.3, 0.4) is 0 Å². The maximum Gasteiger partial charge on any atom is 0.451 e. The van der Waals surface area contributed by atoms with E-state index in [1.165, 1.54) is 17.4 Å². The lowest BCUT2D eigenvalue weighted by Crippen LogP contribution is -2.13. The summed E-state index contributed by atoms with van der Waals surface area (Å²) >= 11 is 4.67. The Hall–Kier alpha value is -1.15. The Morgan fingerprint density at radius 1 is 1.32 bits per heavy atom. The molecule has 0 amide bonds. The zero-order valence-electron chi connectivity index (χ0n) is 9.75. The molecule has 0 unspecified atom stereocenters. The number of aromatic nitrogens is 2. The van der Waals surface area contributed by atoms with E-state index >= 15 is 0 Å². The van der Waals surface area contributed by atoms with Gasteiger partial charge < -0.3 is 5.32 Å². The fourth-order valence-electron chi connectivity index (χ4n) is 1.45. The van der Waals surface area contributed by atoms with Gasteiger partial charge in [0.1, 0.15) is 5.82 Å². The number of nitrogens with one attached hydrogen (secondary N) is 1. The van der Waals surface area contributed by atoms with Gasteiger partial charge in [-0.3, -0.25) is 0 Å². The van der Waals surface area contributed by atoms with E-state index in [1.54, 1.807) is 17.7 Å². The van der Waals surface area contributed by atoms with Gasteiger partial charge in [-0.05, 0) is 22.9 Å². The molecule has 2 aromatic rings. The first-order valence-corrected chi connectivity index (χ1v) is 7.07. The second-order valence-electron chi connectivity index (χ2n) is 3.62. The van der Waals surface area contributed by atoms with Crippen LogP contribution in [-0.2, 0) is 6.18 Å². The Labute approximate surface area is 120 Å². The summed E-state index contributed by atoms with van der Waals surface area (Å²) in [5.74, 6) is -0.975. The molecule has 0 aliphatic carbocycles. The van der Waals surface area contributed by atoms with Crippen molar-refractivity contribution >= 4 is 33.1 Å². The molecule has 0 saturated heterocycles.